The lowest BCUT2D eigenvalue weighted by Gasteiger charge is -2.31. The smallest absolute Gasteiger partial charge is 0.215 e. The van der Waals surface area contributed by atoms with Gasteiger partial charge in [0.25, 0.3) is 0 Å². The van der Waals surface area contributed by atoms with Gasteiger partial charge in [0, 0.05) is 0 Å². The van der Waals surface area contributed by atoms with E-state index in [0.29, 0.717) is 6.54 Å². The summed E-state index contributed by atoms with van der Waals surface area (Å²) in [5, 5.41) is 3.22. The van der Waals surface area contributed by atoms with E-state index in [1.54, 1.807) is 6.26 Å². The molecule has 4 rings (SSSR count). The van der Waals surface area contributed by atoms with Crippen molar-refractivity contribution in [3.8, 4) is 0 Å². The summed E-state index contributed by atoms with van der Waals surface area (Å²) in [6, 6.07) is 23.0. The third-order valence-electron chi connectivity index (χ3n) is 6.51. The van der Waals surface area contributed by atoms with Gasteiger partial charge in [-0.1, -0.05) is 92.8 Å². The van der Waals surface area contributed by atoms with Crippen LogP contribution in [-0.2, 0) is 16.6 Å². The molecule has 3 aromatic rings. The topological polar surface area (TPSA) is 71.3 Å². The summed E-state index contributed by atoms with van der Waals surface area (Å²) in [6.45, 7) is 0.501. The Balaban J connectivity index is 1.66. The van der Waals surface area contributed by atoms with Gasteiger partial charge in [-0.25, -0.2) is 13.1 Å². The SMILES string of the molecule is O=S(=O)(N[C@H](c1ccccc1)[C@H](NCc1ccco1)c1ccccc1)C1CCCCCCC1. The van der Waals surface area contributed by atoms with Gasteiger partial charge in [-0.3, -0.25) is 0 Å². The molecule has 1 heterocycles. The molecule has 2 aromatic carbocycles. The molecule has 176 valence electrons. The fourth-order valence-corrected chi connectivity index (χ4v) is 6.48. The van der Waals surface area contributed by atoms with E-state index in [0.717, 1.165) is 55.4 Å². The molecule has 0 spiro atoms. The van der Waals surface area contributed by atoms with Gasteiger partial charge in [0.1, 0.15) is 5.76 Å². The fourth-order valence-electron chi connectivity index (χ4n) is 4.70. The number of nitrogens with one attached hydrogen (secondary N) is 2. The molecule has 0 aliphatic heterocycles. The van der Waals surface area contributed by atoms with Crippen molar-refractivity contribution in [2.75, 3.05) is 0 Å². The summed E-state index contributed by atoms with van der Waals surface area (Å²) in [4.78, 5) is 0. The van der Waals surface area contributed by atoms with E-state index in [4.69, 9.17) is 4.42 Å². The van der Waals surface area contributed by atoms with Crippen LogP contribution in [0.2, 0.25) is 0 Å². The molecule has 1 aliphatic carbocycles. The first-order valence-corrected chi connectivity index (χ1v) is 13.5. The molecule has 6 heteroatoms. The number of hydrogen-bond donors (Lipinski definition) is 2. The molecule has 5 nitrogen and oxygen atoms in total. The molecular weight excluding hydrogens is 432 g/mol. The van der Waals surface area contributed by atoms with Crippen LogP contribution in [0.3, 0.4) is 0 Å². The van der Waals surface area contributed by atoms with Gasteiger partial charge in [-0.2, -0.15) is 0 Å². The van der Waals surface area contributed by atoms with E-state index in [1.165, 1.54) is 6.42 Å². The first kappa shape index (κ1) is 23.7. The maximum absolute atomic E-state index is 13.6. The Kier molecular flexibility index (Phi) is 8.37. The van der Waals surface area contributed by atoms with Crippen LogP contribution in [0, 0.1) is 0 Å². The average molecular weight is 467 g/mol. The predicted octanol–water partition coefficient (Wildman–Crippen LogP) is 5.88. The van der Waals surface area contributed by atoms with E-state index >= 15 is 0 Å². The van der Waals surface area contributed by atoms with Gasteiger partial charge in [-0.05, 0) is 36.1 Å². The normalized spacial score (nSPS) is 17.7. The van der Waals surface area contributed by atoms with E-state index in [1.807, 2.05) is 72.8 Å². The minimum absolute atomic E-state index is 0.262. The number of benzene rings is 2. The molecule has 0 radical (unpaired) electrons. The maximum atomic E-state index is 13.6. The Morgan fingerprint density at radius 2 is 1.33 bits per heavy atom. The Hall–Kier alpha value is -2.41. The summed E-state index contributed by atoms with van der Waals surface area (Å²) in [7, 11) is -3.51. The zero-order chi connectivity index (χ0) is 22.9. The number of rotatable bonds is 9. The number of furan rings is 1. The van der Waals surface area contributed by atoms with Crippen molar-refractivity contribution < 1.29 is 12.8 Å². The van der Waals surface area contributed by atoms with Crippen LogP contribution in [0.4, 0.5) is 0 Å². The van der Waals surface area contributed by atoms with E-state index in [-0.39, 0.29) is 11.3 Å². The molecule has 0 bridgehead atoms. The van der Waals surface area contributed by atoms with E-state index < -0.39 is 16.1 Å². The van der Waals surface area contributed by atoms with Crippen molar-refractivity contribution in [2.45, 2.75) is 68.8 Å². The zero-order valence-electron chi connectivity index (χ0n) is 19.0. The van der Waals surface area contributed by atoms with Crippen molar-refractivity contribution in [2.24, 2.45) is 0 Å². The third-order valence-corrected chi connectivity index (χ3v) is 8.44. The lowest BCUT2D eigenvalue weighted by molar-refractivity contribution is 0.390. The highest BCUT2D eigenvalue weighted by Crippen LogP contribution is 2.32. The second kappa shape index (κ2) is 11.6. The third kappa shape index (κ3) is 6.56. The Bertz CT molecular complexity index is 1050. The quantitative estimate of drug-likeness (QED) is 0.413. The molecule has 1 aromatic heterocycles. The monoisotopic (exact) mass is 466 g/mol. The summed E-state index contributed by atoms with van der Waals surface area (Å²) in [5.41, 5.74) is 1.96. The Morgan fingerprint density at radius 1 is 0.758 bits per heavy atom. The van der Waals surface area contributed by atoms with Crippen molar-refractivity contribution >= 4 is 10.0 Å². The van der Waals surface area contributed by atoms with Crippen molar-refractivity contribution in [1.82, 2.24) is 10.0 Å². The molecule has 33 heavy (non-hydrogen) atoms. The summed E-state index contributed by atoms with van der Waals surface area (Å²) in [6.07, 6.45) is 8.50. The standard InChI is InChI=1S/C27H34N2O3S/c30-33(31,25-18-10-2-1-3-11-19-25)29-27(23-15-8-5-9-16-23)26(22-13-6-4-7-14-22)28-21-24-17-12-20-32-24/h4-9,12-17,20,25-29H,1-3,10-11,18-19,21H2/t26-,27-/m1/s1. The Morgan fingerprint density at radius 3 is 1.91 bits per heavy atom. The van der Waals surface area contributed by atoms with Crippen molar-refractivity contribution in [3.05, 3.63) is 95.9 Å². The number of hydrogen-bond acceptors (Lipinski definition) is 4. The van der Waals surface area contributed by atoms with Gasteiger partial charge in [0.2, 0.25) is 10.0 Å². The van der Waals surface area contributed by atoms with E-state index in [2.05, 4.69) is 10.0 Å². The minimum atomic E-state index is -3.51. The molecule has 0 unspecified atom stereocenters. The largest absolute Gasteiger partial charge is 0.468 e. The Labute approximate surface area is 197 Å². The van der Waals surface area contributed by atoms with Crippen LogP contribution in [0.1, 0.15) is 73.9 Å². The molecule has 1 saturated carbocycles. The minimum Gasteiger partial charge on any atom is -0.468 e. The van der Waals surface area contributed by atoms with Gasteiger partial charge in [0.05, 0.1) is 30.1 Å². The van der Waals surface area contributed by atoms with Gasteiger partial charge in [0.15, 0.2) is 0 Å². The fraction of sp³-hybridized carbons (Fsp3) is 0.407. The van der Waals surface area contributed by atoms with Gasteiger partial charge >= 0.3 is 0 Å². The molecule has 0 saturated heterocycles. The van der Waals surface area contributed by atoms with Crippen molar-refractivity contribution in [1.29, 1.82) is 0 Å². The molecule has 0 amide bonds. The predicted molar refractivity (Wildman–Crippen MR) is 132 cm³/mol. The summed E-state index contributed by atoms with van der Waals surface area (Å²) in [5.74, 6) is 0.811. The second-order valence-electron chi connectivity index (χ2n) is 8.87. The van der Waals surface area contributed by atoms with Gasteiger partial charge < -0.3 is 9.73 Å². The first-order valence-electron chi connectivity index (χ1n) is 12.0. The van der Waals surface area contributed by atoms with Crippen LogP contribution in [0.25, 0.3) is 0 Å². The highest BCUT2D eigenvalue weighted by Gasteiger charge is 2.33. The number of sulfonamides is 1. The average Bonchev–Trinajstić information content (AvgIpc) is 3.33. The first-order chi connectivity index (χ1) is 16.1. The second-order valence-corrected chi connectivity index (χ2v) is 10.9. The van der Waals surface area contributed by atoms with Crippen LogP contribution < -0.4 is 10.0 Å². The summed E-state index contributed by atoms with van der Waals surface area (Å²) >= 11 is 0. The molecular formula is C27H34N2O3S. The molecule has 2 N–H and O–H groups in total. The molecule has 1 fully saturated rings. The van der Waals surface area contributed by atoms with Crippen LogP contribution in [0.5, 0.6) is 0 Å². The molecule has 1 aliphatic rings. The van der Waals surface area contributed by atoms with Gasteiger partial charge in [-0.15, -0.1) is 0 Å². The molecule has 2 atom stereocenters. The van der Waals surface area contributed by atoms with Crippen LogP contribution >= 0.6 is 0 Å². The highest BCUT2D eigenvalue weighted by molar-refractivity contribution is 7.90. The zero-order valence-corrected chi connectivity index (χ0v) is 19.8. The lowest BCUT2D eigenvalue weighted by atomic mass is 9.94. The van der Waals surface area contributed by atoms with Crippen molar-refractivity contribution in [3.63, 3.8) is 0 Å². The lowest BCUT2D eigenvalue weighted by Crippen LogP contribution is -2.42. The van der Waals surface area contributed by atoms with Crippen LogP contribution in [0.15, 0.2) is 83.5 Å². The highest BCUT2D eigenvalue weighted by atomic mass is 32.2. The van der Waals surface area contributed by atoms with E-state index in [9.17, 15) is 8.42 Å². The van der Waals surface area contributed by atoms with Crippen LogP contribution in [-0.4, -0.2) is 13.7 Å². The summed E-state index contributed by atoms with van der Waals surface area (Å²) < 4.78 is 36.0. The maximum Gasteiger partial charge on any atom is 0.215 e.